The third-order valence-corrected chi connectivity index (χ3v) is 9.58. The van der Waals surface area contributed by atoms with Gasteiger partial charge in [-0.3, -0.25) is 9.69 Å². The fourth-order valence-electron chi connectivity index (χ4n) is 7.40. The minimum Gasteiger partial charge on any atom is -0.477 e. The number of anilines is 2. The van der Waals surface area contributed by atoms with Crippen LogP contribution in [0.25, 0.3) is 44.1 Å². The van der Waals surface area contributed by atoms with Crippen molar-refractivity contribution in [2.45, 2.75) is 31.3 Å². The number of halogens is 2. The molecule has 2 atom stereocenters. The second kappa shape index (κ2) is 9.61. The number of rotatable bonds is 6. The molecule has 3 fully saturated rings. The molecule has 2 aliphatic heterocycles. The van der Waals surface area contributed by atoms with Crippen molar-refractivity contribution in [3.63, 3.8) is 0 Å². The molecule has 0 unspecified atom stereocenters. The zero-order valence-corrected chi connectivity index (χ0v) is 24.1. The summed E-state index contributed by atoms with van der Waals surface area (Å²) in [5.74, 6) is -2.86. The molecule has 5 aromatic rings. The Balaban J connectivity index is 1.40. The van der Waals surface area contributed by atoms with Crippen molar-refractivity contribution in [3.8, 4) is 11.1 Å². The molecule has 2 saturated heterocycles. The summed E-state index contributed by atoms with van der Waals surface area (Å²) in [4.78, 5) is 42.4. The molecule has 4 N–H and O–H groups in total. The molecule has 0 spiro atoms. The van der Waals surface area contributed by atoms with E-state index in [4.69, 9.17) is 0 Å². The maximum atomic E-state index is 15.8. The van der Waals surface area contributed by atoms with Crippen molar-refractivity contribution in [2.75, 3.05) is 49.4 Å². The SMILES string of the molecule is CNc1cc(F)c(F)c2c1[nH]c1ncc(-c3cnc4c(c3)c(=O)c(C(=O)O)cn4NC)c(N3C[C@@H]4CCN(C5CC5)[C@@H]4C3)c12. The number of pyridine rings is 3. The summed E-state index contributed by atoms with van der Waals surface area (Å²) in [7, 11) is 3.25. The second-order valence-electron chi connectivity index (χ2n) is 11.9. The second-order valence-corrected chi connectivity index (χ2v) is 11.9. The van der Waals surface area contributed by atoms with Crippen molar-refractivity contribution < 1.29 is 18.7 Å². The lowest BCUT2D eigenvalue weighted by Gasteiger charge is -2.27. The summed E-state index contributed by atoms with van der Waals surface area (Å²) in [6.07, 6.45) is 7.95. The van der Waals surface area contributed by atoms with E-state index >= 15 is 4.39 Å². The monoisotopic (exact) mass is 600 g/mol. The van der Waals surface area contributed by atoms with Gasteiger partial charge in [-0.1, -0.05) is 0 Å². The predicted octanol–water partition coefficient (Wildman–Crippen LogP) is 3.96. The fraction of sp³-hybridized carbons (Fsp3) is 0.355. The first-order chi connectivity index (χ1) is 21.3. The number of fused-ring (bicyclic) bond motifs is 5. The number of carboxylic acids is 1. The maximum absolute atomic E-state index is 15.8. The minimum absolute atomic E-state index is 0.101. The Bertz CT molecular complexity index is 2090. The van der Waals surface area contributed by atoms with E-state index in [0.29, 0.717) is 63.6 Å². The summed E-state index contributed by atoms with van der Waals surface area (Å²) in [5.41, 5.74) is 5.06. The third-order valence-electron chi connectivity index (χ3n) is 9.58. The number of aromatic amines is 1. The largest absolute Gasteiger partial charge is 0.477 e. The molecule has 226 valence electrons. The topological polar surface area (TPSA) is 131 Å². The zero-order valence-electron chi connectivity index (χ0n) is 24.1. The number of hydrogen-bond donors (Lipinski definition) is 4. The smallest absolute Gasteiger partial charge is 0.341 e. The summed E-state index contributed by atoms with van der Waals surface area (Å²) in [6.45, 7) is 2.52. The number of aromatic carboxylic acids is 1. The number of likely N-dealkylation sites (tertiary alicyclic amines) is 1. The maximum Gasteiger partial charge on any atom is 0.341 e. The summed E-state index contributed by atoms with van der Waals surface area (Å²) in [6, 6.07) is 3.70. The van der Waals surface area contributed by atoms with E-state index in [1.54, 1.807) is 32.6 Å². The molecule has 1 aliphatic carbocycles. The molecule has 1 saturated carbocycles. The summed E-state index contributed by atoms with van der Waals surface area (Å²) >= 11 is 0. The van der Waals surface area contributed by atoms with E-state index < -0.39 is 28.6 Å². The van der Waals surface area contributed by atoms with Crippen LogP contribution in [0.1, 0.15) is 29.6 Å². The lowest BCUT2D eigenvalue weighted by Crippen LogP contribution is -2.36. The lowest BCUT2D eigenvalue weighted by atomic mass is 10.0. The van der Waals surface area contributed by atoms with Crippen LogP contribution in [0, 0.1) is 17.6 Å². The van der Waals surface area contributed by atoms with Gasteiger partial charge in [0, 0.05) is 75.1 Å². The highest BCUT2D eigenvalue weighted by Crippen LogP contribution is 2.47. The molecule has 0 bridgehead atoms. The molecule has 0 amide bonds. The quantitative estimate of drug-likeness (QED) is 0.229. The number of nitrogens with zero attached hydrogens (tertiary/aromatic N) is 5. The van der Waals surface area contributed by atoms with E-state index in [-0.39, 0.29) is 16.4 Å². The highest BCUT2D eigenvalue weighted by Gasteiger charge is 2.47. The average molecular weight is 601 g/mol. The normalized spacial score (nSPS) is 20.2. The van der Waals surface area contributed by atoms with Crippen molar-refractivity contribution >= 4 is 50.3 Å². The fourth-order valence-corrected chi connectivity index (χ4v) is 7.40. The van der Waals surface area contributed by atoms with Crippen LogP contribution in [-0.4, -0.2) is 81.4 Å². The Kier molecular flexibility index (Phi) is 5.86. The number of H-pyrrole nitrogens is 1. The van der Waals surface area contributed by atoms with Gasteiger partial charge >= 0.3 is 5.97 Å². The van der Waals surface area contributed by atoms with Gasteiger partial charge in [0.05, 0.1) is 33.1 Å². The van der Waals surface area contributed by atoms with Gasteiger partial charge in [0.25, 0.3) is 0 Å². The number of aromatic nitrogens is 4. The van der Waals surface area contributed by atoms with Gasteiger partial charge in [-0.15, -0.1) is 0 Å². The Morgan fingerprint density at radius 1 is 1.09 bits per heavy atom. The first-order valence-electron chi connectivity index (χ1n) is 14.8. The lowest BCUT2D eigenvalue weighted by molar-refractivity contribution is 0.0695. The Hall–Kier alpha value is -4.78. The van der Waals surface area contributed by atoms with Crippen molar-refractivity contribution in [2.24, 2.45) is 5.92 Å². The van der Waals surface area contributed by atoms with Crippen LogP contribution in [0.2, 0.25) is 0 Å². The standard InChI is InChI=1S/C31H30F2N8O3/c1-34-21-8-20(32)25(33)23-24-27(39-11-14-5-6-40(16-3-4-16)22(14)13-39)18(10-36-29(24)38-26(21)23)15-7-17-28(42)19(31(43)44)12-41(35-2)30(17)37-9-15/h7-10,12,14,16,22,34-35H,3-6,11,13H2,1-2H3,(H,36,38)(H,43,44)/t14-,22+/m0/s1. The van der Waals surface area contributed by atoms with E-state index in [2.05, 4.69) is 35.5 Å². The van der Waals surface area contributed by atoms with Crippen LogP contribution in [-0.2, 0) is 0 Å². The number of benzene rings is 1. The Morgan fingerprint density at radius 3 is 2.64 bits per heavy atom. The van der Waals surface area contributed by atoms with Crippen LogP contribution in [0.5, 0.6) is 0 Å². The van der Waals surface area contributed by atoms with Crippen LogP contribution in [0.15, 0.2) is 35.5 Å². The van der Waals surface area contributed by atoms with Gasteiger partial charge < -0.3 is 25.7 Å². The molecule has 13 heteroatoms. The molecule has 1 aromatic carbocycles. The molecule has 6 heterocycles. The minimum atomic E-state index is -1.35. The number of carbonyl (C=O) groups is 1. The van der Waals surface area contributed by atoms with Crippen LogP contribution in [0.4, 0.5) is 20.2 Å². The van der Waals surface area contributed by atoms with Crippen molar-refractivity contribution in [1.29, 1.82) is 0 Å². The van der Waals surface area contributed by atoms with Gasteiger partial charge in [-0.25, -0.2) is 28.2 Å². The van der Waals surface area contributed by atoms with Crippen LogP contribution >= 0.6 is 0 Å². The van der Waals surface area contributed by atoms with Crippen molar-refractivity contribution in [3.05, 3.63) is 58.1 Å². The van der Waals surface area contributed by atoms with Crippen LogP contribution < -0.4 is 21.1 Å². The predicted molar refractivity (Wildman–Crippen MR) is 164 cm³/mol. The molecular weight excluding hydrogens is 570 g/mol. The van der Waals surface area contributed by atoms with Gasteiger partial charge in [-0.2, -0.15) is 0 Å². The molecule has 3 aliphatic rings. The molecule has 8 rings (SSSR count). The molecular formula is C31H30F2N8O3. The molecule has 0 radical (unpaired) electrons. The van der Waals surface area contributed by atoms with Gasteiger partial charge in [0.1, 0.15) is 11.2 Å². The van der Waals surface area contributed by atoms with Crippen LogP contribution in [0.3, 0.4) is 0 Å². The van der Waals surface area contributed by atoms with E-state index in [9.17, 15) is 19.1 Å². The first-order valence-corrected chi connectivity index (χ1v) is 14.8. The molecule has 4 aromatic heterocycles. The Labute approximate surface area is 249 Å². The highest BCUT2D eigenvalue weighted by atomic mass is 19.2. The zero-order chi connectivity index (χ0) is 30.4. The molecule has 11 nitrogen and oxygen atoms in total. The van der Waals surface area contributed by atoms with E-state index in [0.717, 1.165) is 25.6 Å². The number of hydrogen-bond acceptors (Lipinski definition) is 8. The molecule has 44 heavy (non-hydrogen) atoms. The third kappa shape index (κ3) is 3.81. The van der Waals surface area contributed by atoms with Gasteiger partial charge in [-0.05, 0) is 37.8 Å². The Morgan fingerprint density at radius 2 is 1.91 bits per heavy atom. The van der Waals surface area contributed by atoms with E-state index in [1.807, 2.05) is 0 Å². The highest BCUT2D eigenvalue weighted by molar-refractivity contribution is 6.18. The number of carboxylic acid groups (broad SMARTS) is 1. The van der Waals surface area contributed by atoms with E-state index in [1.165, 1.54) is 23.7 Å². The number of nitrogens with one attached hydrogen (secondary N) is 3. The van der Waals surface area contributed by atoms with Crippen molar-refractivity contribution in [1.82, 2.24) is 24.5 Å². The first kappa shape index (κ1) is 26.8. The average Bonchev–Trinajstić information content (AvgIpc) is 3.47. The van der Waals surface area contributed by atoms with Gasteiger partial charge in [0.2, 0.25) is 5.43 Å². The summed E-state index contributed by atoms with van der Waals surface area (Å²) < 4.78 is 32.1. The summed E-state index contributed by atoms with van der Waals surface area (Å²) in [5, 5.41) is 13.3. The van der Waals surface area contributed by atoms with Gasteiger partial charge in [0.15, 0.2) is 17.3 Å².